The number of aromatic nitrogens is 2. The number of Topliss-reactive ketones (excluding diaryl/α,β-unsaturated/α-hetero) is 1. The number of carbonyl (C=O) groups is 3. The third-order valence-corrected chi connectivity index (χ3v) is 6.99. The van der Waals surface area contributed by atoms with Gasteiger partial charge in [-0.2, -0.15) is 5.10 Å². The minimum Gasteiger partial charge on any atom is -0.325 e. The molecule has 5 rings (SSSR count). The SMILES string of the molecule is CC(=O)c1ccc(C(=O)Nc2cccc(Cc3ccc4c(c3)C(C=Nc3cc(C)[nH]n3)C(=O)N4)c2)s1. The fourth-order valence-electron chi connectivity index (χ4n) is 4.05. The van der Waals surface area contributed by atoms with Gasteiger partial charge in [0.05, 0.1) is 9.75 Å². The Morgan fingerprint density at radius 2 is 1.89 bits per heavy atom. The number of aryl methyl sites for hydroxylation is 1. The summed E-state index contributed by atoms with van der Waals surface area (Å²) in [5, 5.41) is 12.7. The minimum atomic E-state index is -0.492. The molecule has 0 bridgehead atoms. The predicted molar refractivity (Wildman–Crippen MR) is 141 cm³/mol. The van der Waals surface area contributed by atoms with Crippen molar-refractivity contribution in [2.75, 3.05) is 10.6 Å². The van der Waals surface area contributed by atoms with E-state index < -0.39 is 5.92 Å². The molecule has 1 atom stereocenters. The first-order valence-corrected chi connectivity index (χ1v) is 12.2. The van der Waals surface area contributed by atoms with Gasteiger partial charge in [-0.25, -0.2) is 4.99 Å². The Morgan fingerprint density at radius 1 is 1.08 bits per heavy atom. The maximum absolute atomic E-state index is 12.6. The molecule has 0 spiro atoms. The number of rotatable bonds is 7. The van der Waals surface area contributed by atoms with Gasteiger partial charge >= 0.3 is 0 Å². The molecule has 180 valence electrons. The third kappa shape index (κ3) is 5.01. The molecule has 36 heavy (non-hydrogen) atoms. The number of hydrogen-bond donors (Lipinski definition) is 3. The van der Waals surface area contributed by atoms with Crippen LogP contribution in [-0.4, -0.2) is 34.0 Å². The molecule has 4 aromatic rings. The van der Waals surface area contributed by atoms with Crippen LogP contribution in [-0.2, 0) is 11.2 Å². The van der Waals surface area contributed by atoms with Gasteiger partial charge in [0.25, 0.3) is 5.91 Å². The van der Waals surface area contributed by atoms with Gasteiger partial charge in [-0.3, -0.25) is 19.5 Å². The second-order valence-electron chi connectivity index (χ2n) is 8.63. The van der Waals surface area contributed by atoms with E-state index >= 15 is 0 Å². The Balaban J connectivity index is 1.31. The highest BCUT2D eigenvalue weighted by atomic mass is 32.1. The number of anilines is 2. The van der Waals surface area contributed by atoms with Crippen LogP contribution in [0, 0.1) is 6.92 Å². The van der Waals surface area contributed by atoms with E-state index in [4.69, 9.17) is 0 Å². The van der Waals surface area contributed by atoms with Crippen molar-refractivity contribution in [1.29, 1.82) is 0 Å². The summed E-state index contributed by atoms with van der Waals surface area (Å²) in [4.78, 5) is 42.1. The van der Waals surface area contributed by atoms with Gasteiger partial charge in [-0.05, 0) is 67.3 Å². The molecule has 0 fully saturated rings. The number of nitrogens with one attached hydrogen (secondary N) is 3. The van der Waals surface area contributed by atoms with Gasteiger partial charge in [0, 0.05) is 29.3 Å². The van der Waals surface area contributed by atoms with Crippen LogP contribution in [0.1, 0.15) is 54.6 Å². The molecule has 2 aromatic carbocycles. The van der Waals surface area contributed by atoms with E-state index in [9.17, 15) is 14.4 Å². The fraction of sp³-hybridized carbons (Fsp3) is 0.148. The van der Waals surface area contributed by atoms with Crippen LogP contribution in [0.25, 0.3) is 0 Å². The zero-order valence-corrected chi connectivity index (χ0v) is 20.5. The number of ketones is 1. The summed E-state index contributed by atoms with van der Waals surface area (Å²) in [5.41, 5.74) is 5.27. The predicted octanol–water partition coefficient (Wildman–Crippen LogP) is 5.26. The first kappa shape index (κ1) is 23.4. The highest BCUT2D eigenvalue weighted by Gasteiger charge is 2.29. The molecular formula is C27H23N5O3S. The van der Waals surface area contributed by atoms with Crippen LogP contribution >= 0.6 is 11.3 Å². The summed E-state index contributed by atoms with van der Waals surface area (Å²) in [6.07, 6.45) is 2.25. The summed E-state index contributed by atoms with van der Waals surface area (Å²) in [5.74, 6) is -0.389. The van der Waals surface area contributed by atoms with E-state index in [0.29, 0.717) is 27.7 Å². The molecule has 0 radical (unpaired) electrons. The zero-order valence-electron chi connectivity index (χ0n) is 19.7. The molecule has 0 saturated carbocycles. The number of nitrogens with zero attached hydrogens (tertiary/aromatic N) is 2. The van der Waals surface area contributed by atoms with E-state index in [1.165, 1.54) is 18.3 Å². The third-order valence-electron chi connectivity index (χ3n) is 5.81. The van der Waals surface area contributed by atoms with Crippen LogP contribution in [0.2, 0.25) is 0 Å². The van der Waals surface area contributed by atoms with Gasteiger partial charge in [0.1, 0.15) is 5.92 Å². The van der Waals surface area contributed by atoms with E-state index in [2.05, 4.69) is 25.8 Å². The van der Waals surface area contributed by atoms with Crippen LogP contribution in [0.15, 0.2) is 65.7 Å². The summed E-state index contributed by atoms with van der Waals surface area (Å²) >= 11 is 1.18. The lowest BCUT2D eigenvalue weighted by Gasteiger charge is -2.09. The standard InChI is InChI=1S/C27H23N5O3S/c1-15-10-25(32-31-15)28-14-21-20-13-18(6-7-22(20)30-26(21)34)11-17-4-3-5-19(12-17)29-27(35)24-9-8-23(36-24)16(2)33/h3-10,12-14,21H,11H2,1-2H3,(H,29,35)(H,30,34)(H,31,32). The molecule has 3 N–H and O–H groups in total. The number of H-pyrrole nitrogens is 1. The zero-order chi connectivity index (χ0) is 25.2. The van der Waals surface area contributed by atoms with Gasteiger partial charge in [-0.15, -0.1) is 11.3 Å². The second kappa shape index (κ2) is 9.71. The van der Waals surface area contributed by atoms with Crippen molar-refractivity contribution in [2.45, 2.75) is 26.2 Å². The first-order chi connectivity index (χ1) is 17.4. The average molecular weight is 498 g/mol. The van der Waals surface area contributed by atoms with Gasteiger partial charge in [0.2, 0.25) is 5.91 Å². The number of amides is 2. The number of aromatic amines is 1. The lowest BCUT2D eigenvalue weighted by molar-refractivity contribution is -0.115. The maximum atomic E-state index is 12.6. The highest BCUT2D eigenvalue weighted by molar-refractivity contribution is 7.16. The Kier molecular flexibility index (Phi) is 6.30. The van der Waals surface area contributed by atoms with Crippen LogP contribution in [0.3, 0.4) is 0 Å². The number of fused-ring (bicyclic) bond motifs is 1. The molecule has 0 saturated heterocycles. The first-order valence-electron chi connectivity index (χ1n) is 11.4. The molecule has 2 aromatic heterocycles. The molecule has 3 heterocycles. The summed E-state index contributed by atoms with van der Waals surface area (Å²) in [6.45, 7) is 3.37. The molecular weight excluding hydrogens is 474 g/mol. The number of aliphatic imine (C=N–C) groups is 1. The normalized spacial score (nSPS) is 14.6. The number of benzene rings is 2. The Labute approximate surface area is 211 Å². The van der Waals surface area contributed by atoms with E-state index in [0.717, 1.165) is 28.1 Å². The Hall–Kier alpha value is -4.37. The largest absolute Gasteiger partial charge is 0.325 e. The Morgan fingerprint density at radius 3 is 2.64 bits per heavy atom. The van der Waals surface area contributed by atoms with Crippen LogP contribution < -0.4 is 10.6 Å². The van der Waals surface area contributed by atoms with Crippen LogP contribution in [0.5, 0.6) is 0 Å². The van der Waals surface area contributed by atoms with Crippen LogP contribution in [0.4, 0.5) is 17.2 Å². The van der Waals surface area contributed by atoms with Crippen molar-refractivity contribution < 1.29 is 14.4 Å². The number of thiophene rings is 1. The van der Waals surface area contributed by atoms with Crippen molar-refractivity contribution in [3.05, 3.63) is 92.8 Å². The average Bonchev–Trinajstić information content (AvgIpc) is 3.57. The van der Waals surface area contributed by atoms with Crippen molar-refractivity contribution in [1.82, 2.24) is 10.2 Å². The lowest BCUT2D eigenvalue weighted by atomic mass is 9.96. The van der Waals surface area contributed by atoms with E-state index in [1.54, 1.807) is 18.3 Å². The van der Waals surface area contributed by atoms with E-state index in [1.807, 2.05) is 55.5 Å². The van der Waals surface area contributed by atoms with Gasteiger partial charge in [-0.1, -0.05) is 24.3 Å². The van der Waals surface area contributed by atoms with Crippen molar-refractivity contribution in [3.8, 4) is 0 Å². The fourth-order valence-corrected chi connectivity index (χ4v) is 4.85. The monoisotopic (exact) mass is 497 g/mol. The molecule has 9 heteroatoms. The molecule has 0 aliphatic carbocycles. The second-order valence-corrected chi connectivity index (χ2v) is 9.71. The number of carbonyl (C=O) groups excluding carboxylic acids is 3. The molecule has 1 aliphatic rings. The van der Waals surface area contributed by atoms with Gasteiger partial charge in [0.15, 0.2) is 11.6 Å². The topological polar surface area (TPSA) is 116 Å². The molecule has 2 amide bonds. The van der Waals surface area contributed by atoms with Gasteiger partial charge < -0.3 is 10.6 Å². The van der Waals surface area contributed by atoms with Crippen molar-refractivity contribution in [3.63, 3.8) is 0 Å². The Bertz CT molecular complexity index is 1520. The van der Waals surface area contributed by atoms with E-state index in [-0.39, 0.29) is 17.6 Å². The smallest absolute Gasteiger partial charge is 0.265 e. The summed E-state index contributed by atoms with van der Waals surface area (Å²) < 4.78 is 0. The number of hydrogen-bond acceptors (Lipinski definition) is 6. The van der Waals surface area contributed by atoms with Crippen molar-refractivity contribution in [2.24, 2.45) is 4.99 Å². The molecule has 8 nitrogen and oxygen atoms in total. The lowest BCUT2D eigenvalue weighted by Crippen LogP contribution is -2.12. The maximum Gasteiger partial charge on any atom is 0.265 e. The quantitative estimate of drug-likeness (QED) is 0.238. The summed E-state index contributed by atoms with van der Waals surface area (Å²) in [6, 6.07) is 18.7. The molecule has 1 unspecified atom stereocenters. The highest BCUT2D eigenvalue weighted by Crippen LogP contribution is 2.33. The molecule has 1 aliphatic heterocycles. The summed E-state index contributed by atoms with van der Waals surface area (Å²) in [7, 11) is 0. The minimum absolute atomic E-state index is 0.0583. The van der Waals surface area contributed by atoms with Crippen molar-refractivity contribution >= 4 is 52.3 Å².